The van der Waals surface area contributed by atoms with E-state index in [1.165, 1.54) is 44.9 Å². The zero-order valence-electron chi connectivity index (χ0n) is 16.4. The van der Waals surface area contributed by atoms with E-state index in [1.807, 2.05) is 0 Å². The molecule has 0 atom stereocenters. The van der Waals surface area contributed by atoms with Crippen LogP contribution in [0.4, 0.5) is 0 Å². The van der Waals surface area contributed by atoms with Crippen LogP contribution >= 0.6 is 0 Å². The monoisotopic (exact) mass is 366 g/mol. The minimum Gasteiger partial charge on any atom is -0.481 e. The lowest BCUT2D eigenvalue weighted by Crippen LogP contribution is -1.98. The molecule has 0 aromatic heterocycles. The van der Waals surface area contributed by atoms with Gasteiger partial charge in [-0.15, -0.1) is 0 Å². The zero-order chi connectivity index (χ0) is 19.5. The van der Waals surface area contributed by atoms with Gasteiger partial charge in [0.1, 0.15) is 0 Å². The topological polar surface area (TPSA) is 74.6 Å². The molecule has 0 aliphatic heterocycles. The summed E-state index contributed by atoms with van der Waals surface area (Å²) in [5, 5.41) is 17.3. The molecule has 0 bridgehead atoms. The van der Waals surface area contributed by atoms with Crippen LogP contribution in [0.2, 0.25) is 0 Å². The van der Waals surface area contributed by atoms with E-state index in [9.17, 15) is 9.59 Å². The standard InChI is InChI=1S/C22H38O4/c1-20(22(25)26)18-16-14-12-10-8-6-4-2-3-5-7-9-11-13-15-17-19-21(23)24/h3,5H,1-2,4,6-19H2,(H,23,24)(H,25,26). The number of carboxylic acids is 2. The van der Waals surface area contributed by atoms with E-state index in [2.05, 4.69) is 18.7 Å². The van der Waals surface area contributed by atoms with E-state index in [0.717, 1.165) is 44.9 Å². The van der Waals surface area contributed by atoms with Gasteiger partial charge in [-0.3, -0.25) is 4.79 Å². The Hall–Kier alpha value is -1.58. The number of allylic oxidation sites excluding steroid dienone is 2. The average Bonchev–Trinajstić information content (AvgIpc) is 2.60. The second kappa shape index (κ2) is 18.2. The van der Waals surface area contributed by atoms with Crippen molar-refractivity contribution in [1.82, 2.24) is 0 Å². The summed E-state index contributed by atoms with van der Waals surface area (Å²) in [6.07, 6.45) is 21.5. The average molecular weight is 367 g/mol. The second-order valence-corrected chi connectivity index (χ2v) is 7.09. The van der Waals surface area contributed by atoms with Gasteiger partial charge in [-0.25, -0.2) is 4.79 Å². The van der Waals surface area contributed by atoms with Gasteiger partial charge in [0.25, 0.3) is 0 Å². The summed E-state index contributed by atoms with van der Waals surface area (Å²) in [6.45, 7) is 3.55. The Balaban J connectivity index is 3.18. The van der Waals surface area contributed by atoms with Gasteiger partial charge in [0.2, 0.25) is 0 Å². The highest BCUT2D eigenvalue weighted by Gasteiger charge is 2.02. The highest BCUT2D eigenvalue weighted by Crippen LogP contribution is 2.13. The summed E-state index contributed by atoms with van der Waals surface area (Å²) in [5.74, 6) is -1.55. The number of hydrogen-bond acceptors (Lipinski definition) is 2. The molecule has 0 saturated heterocycles. The summed E-state index contributed by atoms with van der Waals surface area (Å²) in [5.41, 5.74) is 0.329. The lowest BCUT2D eigenvalue weighted by atomic mass is 10.0. The zero-order valence-corrected chi connectivity index (χ0v) is 16.4. The van der Waals surface area contributed by atoms with Crippen molar-refractivity contribution in [2.45, 2.75) is 103 Å². The van der Waals surface area contributed by atoms with Gasteiger partial charge in [0.15, 0.2) is 0 Å². The van der Waals surface area contributed by atoms with Crippen LogP contribution in [0.3, 0.4) is 0 Å². The molecule has 0 spiro atoms. The van der Waals surface area contributed by atoms with Crippen LogP contribution < -0.4 is 0 Å². The third-order valence-electron chi connectivity index (χ3n) is 4.58. The summed E-state index contributed by atoms with van der Waals surface area (Å²) >= 11 is 0. The first-order valence-corrected chi connectivity index (χ1v) is 10.3. The largest absolute Gasteiger partial charge is 0.481 e. The van der Waals surface area contributed by atoms with E-state index in [1.54, 1.807) is 0 Å². The highest BCUT2D eigenvalue weighted by atomic mass is 16.4. The van der Waals surface area contributed by atoms with Crippen molar-refractivity contribution < 1.29 is 19.8 Å². The predicted molar refractivity (Wildman–Crippen MR) is 107 cm³/mol. The van der Waals surface area contributed by atoms with Gasteiger partial charge >= 0.3 is 11.9 Å². The summed E-state index contributed by atoms with van der Waals surface area (Å²) in [6, 6.07) is 0. The van der Waals surface area contributed by atoms with Crippen LogP contribution in [0.15, 0.2) is 24.3 Å². The van der Waals surface area contributed by atoms with Crippen molar-refractivity contribution in [3.63, 3.8) is 0 Å². The molecule has 0 rings (SSSR count). The van der Waals surface area contributed by atoms with Crippen LogP contribution in [0, 0.1) is 0 Å². The Labute approximate surface area is 159 Å². The van der Waals surface area contributed by atoms with Crippen molar-refractivity contribution in [1.29, 1.82) is 0 Å². The second-order valence-electron chi connectivity index (χ2n) is 7.09. The molecule has 4 heteroatoms. The first-order valence-electron chi connectivity index (χ1n) is 10.3. The van der Waals surface area contributed by atoms with Gasteiger partial charge in [-0.05, 0) is 44.9 Å². The molecule has 0 fully saturated rings. The number of unbranched alkanes of at least 4 members (excludes halogenated alkanes) is 12. The third-order valence-corrected chi connectivity index (χ3v) is 4.58. The molecule has 0 radical (unpaired) electrons. The number of hydrogen-bond donors (Lipinski definition) is 2. The Morgan fingerprint density at radius 3 is 1.42 bits per heavy atom. The Morgan fingerprint density at radius 1 is 0.615 bits per heavy atom. The van der Waals surface area contributed by atoms with Crippen molar-refractivity contribution in [3.05, 3.63) is 24.3 Å². The maximum absolute atomic E-state index is 10.6. The molecule has 0 aliphatic carbocycles. The van der Waals surface area contributed by atoms with E-state index < -0.39 is 11.9 Å². The lowest BCUT2D eigenvalue weighted by molar-refractivity contribution is -0.137. The predicted octanol–water partition coefficient (Wildman–Crippen LogP) is 6.51. The fraction of sp³-hybridized carbons (Fsp3) is 0.727. The summed E-state index contributed by atoms with van der Waals surface area (Å²) < 4.78 is 0. The minimum atomic E-state index is -0.867. The molecular formula is C22H38O4. The summed E-state index contributed by atoms with van der Waals surface area (Å²) in [7, 11) is 0. The van der Waals surface area contributed by atoms with E-state index >= 15 is 0 Å². The molecule has 0 saturated carbocycles. The first kappa shape index (κ1) is 24.4. The van der Waals surface area contributed by atoms with Crippen molar-refractivity contribution >= 4 is 11.9 Å². The number of carbonyl (C=O) groups is 2. The van der Waals surface area contributed by atoms with Gasteiger partial charge < -0.3 is 10.2 Å². The molecule has 150 valence electrons. The maximum Gasteiger partial charge on any atom is 0.330 e. The van der Waals surface area contributed by atoms with Crippen LogP contribution in [0.25, 0.3) is 0 Å². The molecule has 0 aromatic rings. The van der Waals surface area contributed by atoms with Gasteiger partial charge in [-0.1, -0.05) is 70.1 Å². The Morgan fingerprint density at radius 2 is 1.00 bits per heavy atom. The maximum atomic E-state index is 10.6. The first-order chi connectivity index (χ1) is 12.5. The molecule has 0 heterocycles. The van der Waals surface area contributed by atoms with Crippen LogP contribution in [0.1, 0.15) is 103 Å². The molecule has 0 aliphatic rings. The van der Waals surface area contributed by atoms with Gasteiger partial charge in [0, 0.05) is 12.0 Å². The molecule has 4 nitrogen and oxygen atoms in total. The SMILES string of the molecule is C=C(CCCCCCCCCC=CCCCCCCCC(=O)O)C(=O)O. The number of carboxylic acid groups (broad SMARTS) is 2. The van der Waals surface area contributed by atoms with Gasteiger partial charge in [-0.2, -0.15) is 0 Å². The molecule has 0 aromatic carbocycles. The minimum absolute atomic E-state index is 0.306. The normalized spacial score (nSPS) is 11.1. The molecule has 0 unspecified atom stereocenters. The van der Waals surface area contributed by atoms with Crippen LogP contribution in [0.5, 0.6) is 0 Å². The third kappa shape index (κ3) is 18.8. The number of aliphatic carboxylic acids is 2. The summed E-state index contributed by atoms with van der Waals surface area (Å²) in [4.78, 5) is 21.0. The molecule has 0 amide bonds. The molecular weight excluding hydrogens is 328 g/mol. The fourth-order valence-corrected chi connectivity index (χ4v) is 2.90. The van der Waals surface area contributed by atoms with Gasteiger partial charge in [0.05, 0.1) is 0 Å². The van der Waals surface area contributed by atoms with Crippen molar-refractivity contribution in [3.8, 4) is 0 Å². The quantitative estimate of drug-likeness (QED) is 0.155. The van der Waals surface area contributed by atoms with E-state index in [4.69, 9.17) is 10.2 Å². The van der Waals surface area contributed by atoms with Crippen LogP contribution in [-0.4, -0.2) is 22.2 Å². The molecule has 2 N–H and O–H groups in total. The van der Waals surface area contributed by atoms with Crippen molar-refractivity contribution in [2.24, 2.45) is 0 Å². The number of rotatable bonds is 19. The highest BCUT2D eigenvalue weighted by molar-refractivity contribution is 5.85. The fourth-order valence-electron chi connectivity index (χ4n) is 2.90. The smallest absolute Gasteiger partial charge is 0.330 e. The Bertz CT molecular complexity index is 412. The van der Waals surface area contributed by atoms with E-state index in [-0.39, 0.29) is 0 Å². The van der Waals surface area contributed by atoms with Crippen molar-refractivity contribution in [2.75, 3.05) is 0 Å². The molecule has 26 heavy (non-hydrogen) atoms. The lowest BCUT2D eigenvalue weighted by Gasteiger charge is -2.02. The van der Waals surface area contributed by atoms with E-state index in [0.29, 0.717) is 18.4 Å². The van der Waals surface area contributed by atoms with Crippen LogP contribution in [-0.2, 0) is 9.59 Å². The Kier molecular flexibility index (Phi) is 17.1.